The third-order valence-electron chi connectivity index (χ3n) is 3.65. The topological polar surface area (TPSA) is 67.6 Å². The Hall–Kier alpha value is -1.59. The van der Waals surface area contributed by atoms with E-state index in [0.717, 1.165) is 42.9 Å². The Balaban J connectivity index is 2.01. The highest BCUT2D eigenvalue weighted by Gasteiger charge is 2.23. The summed E-state index contributed by atoms with van der Waals surface area (Å²) in [6.45, 7) is 4.80. The molecule has 3 N–H and O–H groups in total. The summed E-state index contributed by atoms with van der Waals surface area (Å²) in [7, 11) is 1.69. The van der Waals surface area contributed by atoms with E-state index in [1.165, 1.54) is 0 Å². The molecule has 1 heterocycles. The smallest absolute Gasteiger partial charge is 0.217 e. The normalized spacial score (nSPS) is 19.1. The Morgan fingerprint density at radius 3 is 3.00 bits per heavy atom. The van der Waals surface area contributed by atoms with Crippen LogP contribution < -0.4 is 15.8 Å². The molecule has 2 rings (SSSR count). The summed E-state index contributed by atoms with van der Waals surface area (Å²) in [4.78, 5) is 13.4. The lowest BCUT2D eigenvalue weighted by Gasteiger charge is -2.18. The maximum atomic E-state index is 11.1. The molecule has 1 fully saturated rings. The zero-order valence-electron chi connectivity index (χ0n) is 12.2. The number of carbonyl (C=O) groups excluding carboxylic acids is 1. The van der Waals surface area contributed by atoms with Gasteiger partial charge in [-0.1, -0.05) is 6.07 Å². The van der Waals surface area contributed by atoms with E-state index < -0.39 is 0 Å². The second-order valence-corrected chi connectivity index (χ2v) is 5.27. The number of ether oxygens (including phenoxy) is 1. The average Bonchev–Trinajstić information content (AvgIpc) is 2.85. The summed E-state index contributed by atoms with van der Waals surface area (Å²) >= 11 is 0. The fourth-order valence-electron chi connectivity index (χ4n) is 2.70. The predicted molar refractivity (Wildman–Crippen MR) is 78.4 cm³/mol. The zero-order valence-corrected chi connectivity index (χ0v) is 12.2. The standard InChI is InChI=1S/C15H23N3O2/c1-11(19)17-14-5-6-18(10-14)9-13-7-12(8-16)3-4-15(13)20-2/h3-4,7,14H,5-6,8-10,16H2,1-2H3,(H,17,19). The number of carbonyl (C=O) groups is 1. The van der Waals surface area contributed by atoms with Gasteiger partial charge in [0.1, 0.15) is 5.75 Å². The highest BCUT2D eigenvalue weighted by atomic mass is 16.5. The lowest BCUT2D eigenvalue weighted by Crippen LogP contribution is -2.35. The van der Waals surface area contributed by atoms with Crippen LogP contribution in [0.15, 0.2) is 18.2 Å². The molecular formula is C15H23N3O2. The van der Waals surface area contributed by atoms with Gasteiger partial charge >= 0.3 is 0 Å². The highest BCUT2D eigenvalue weighted by molar-refractivity contribution is 5.73. The minimum absolute atomic E-state index is 0.0413. The molecule has 1 aliphatic heterocycles. The molecule has 5 nitrogen and oxygen atoms in total. The molecule has 0 aromatic heterocycles. The second kappa shape index (κ2) is 6.72. The monoisotopic (exact) mass is 277 g/mol. The van der Waals surface area contributed by atoms with Crippen molar-refractivity contribution in [3.05, 3.63) is 29.3 Å². The van der Waals surface area contributed by atoms with Crippen molar-refractivity contribution in [3.8, 4) is 5.75 Å². The van der Waals surface area contributed by atoms with Crippen LogP contribution >= 0.6 is 0 Å². The second-order valence-electron chi connectivity index (χ2n) is 5.27. The number of rotatable bonds is 5. The zero-order chi connectivity index (χ0) is 14.5. The molecule has 1 aromatic carbocycles. The summed E-state index contributed by atoms with van der Waals surface area (Å²) in [6, 6.07) is 6.33. The number of nitrogens with one attached hydrogen (secondary N) is 1. The number of hydrogen-bond donors (Lipinski definition) is 2. The van der Waals surface area contributed by atoms with Gasteiger partial charge in [0.05, 0.1) is 7.11 Å². The molecule has 1 amide bonds. The third kappa shape index (κ3) is 3.71. The van der Waals surface area contributed by atoms with E-state index in [0.29, 0.717) is 6.54 Å². The van der Waals surface area contributed by atoms with E-state index in [-0.39, 0.29) is 11.9 Å². The Kier molecular flexibility index (Phi) is 4.98. The van der Waals surface area contributed by atoms with Crippen molar-refractivity contribution in [2.45, 2.75) is 32.5 Å². The summed E-state index contributed by atoms with van der Waals surface area (Å²) in [6.07, 6.45) is 0.998. The van der Waals surface area contributed by atoms with Crippen molar-refractivity contribution >= 4 is 5.91 Å². The maximum absolute atomic E-state index is 11.1. The van der Waals surface area contributed by atoms with Gasteiger partial charge in [0.2, 0.25) is 5.91 Å². The Morgan fingerprint density at radius 2 is 2.35 bits per heavy atom. The highest BCUT2D eigenvalue weighted by Crippen LogP contribution is 2.23. The number of benzene rings is 1. The van der Waals surface area contributed by atoms with Gasteiger partial charge in [-0.15, -0.1) is 0 Å². The van der Waals surface area contributed by atoms with Crippen LogP contribution in [0.3, 0.4) is 0 Å². The van der Waals surface area contributed by atoms with Crippen molar-refractivity contribution in [3.63, 3.8) is 0 Å². The number of amides is 1. The maximum Gasteiger partial charge on any atom is 0.217 e. The number of hydrogen-bond acceptors (Lipinski definition) is 4. The SMILES string of the molecule is COc1ccc(CN)cc1CN1CCC(NC(C)=O)C1. The van der Waals surface area contributed by atoms with Gasteiger partial charge in [-0.2, -0.15) is 0 Å². The Labute approximate surface area is 120 Å². The third-order valence-corrected chi connectivity index (χ3v) is 3.65. The molecule has 0 aliphatic carbocycles. The van der Waals surface area contributed by atoms with Gasteiger partial charge < -0.3 is 15.8 Å². The first-order chi connectivity index (χ1) is 9.62. The Morgan fingerprint density at radius 1 is 1.55 bits per heavy atom. The van der Waals surface area contributed by atoms with Crippen molar-refractivity contribution in [2.24, 2.45) is 5.73 Å². The molecular weight excluding hydrogens is 254 g/mol. The molecule has 0 radical (unpaired) electrons. The van der Waals surface area contributed by atoms with E-state index in [4.69, 9.17) is 10.5 Å². The van der Waals surface area contributed by atoms with Crippen LogP contribution in [0.4, 0.5) is 0 Å². The average molecular weight is 277 g/mol. The molecule has 1 unspecified atom stereocenters. The van der Waals surface area contributed by atoms with E-state index in [9.17, 15) is 4.79 Å². The van der Waals surface area contributed by atoms with Crippen LogP contribution in [0.1, 0.15) is 24.5 Å². The van der Waals surface area contributed by atoms with Crippen LogP contribution in [-0.2, 0) is 17.9 Å². The minimum Gasteiger partial charge on any atom is -0.496 e. The predicted octanol–water partition coefficient (Wildman–Crippen LogP) is 0.864. The van der Waals surface area contributed by atoms with Gasteiger partial charge in [0.15, 0.2) is 0 Å². The molecule has 1 saturated heterocycles. The largest absolute Gasteiger partial charge is 0.496 e. The summed E-state index contributed by atoms with van der Waals surface area (Å²) < 4.78 is 5.41. The quantitative estimate of drug-likeness (QED) is 0.838. The Bertz CT molecular complexity index is 476. The lowest BCUT2D eigenvalue weighted by molar-refractivity contribution is -0.119. The van der Waals surface area contributed by atoms with Crippen LogP contribution in [0.25, 0.3) is 0 Å². The molecule has 110 valence electrons. The van der Waals surface area contributed by atoms with Gasteiger partial charge in [0, 0.05) is 44.7 Å². The van der Waals surface area contributed by atoms with Crippen molar-refractivity contribution in [1.82, 2.24) is 10.2 Å². The van der Waals surface area contributed by atoms with E-state index >= 15 is 0 Å². The number of methoxy groups -OCH3 is 1. The summed E-state index contributed by atoms with van der Waals surface area (Å²) in [5.74, 6) is 0.935. The molecule has 0 saturated carbocycles. The van der Waals surface area contributed by atoms with Crippen molar-refractivity contribution in [2.75, 3.05) is 20.2 Å². The van der Waals surface area contributed by atoms with Crippen LogP contribution in [0, 0.1) is 0 Å². The van der Waals surface area contributed by atoms with Gasteiger partial charge in [-0.3, -0.25) is 9.69 Å². The fraction of sp³-hybridized carbons (Fsp3) is 0.533. The van der Waals surface area contributed by atoms with Crippen molar-refractivity contribution in [1.29, 1.82) is 0 Å². The first-order valence-corrected chi connectivity index (χ1v) is 6.97. The molecule has 0 spiro atoms. The first-order valence-electron chi connectivity index (χ1n) is 6.97. The fourth-order valence-corrected chi connectivity index (χ4v) is 2.70. The van der Waals surface area contributed by atoms with Crippen molar-refractivity contribution < 1.29 is 9.53 Å². The molecule has 1 aliphatic rings. The minimum atomic E-state index is 0.0413. The number of nitrogens with zero attached hydrogens (tertiary/aromatic N) is 1. The number of likely N-dealkylation sites (tertiary alicyclic amines) is 1. The van der Waals surface area contributed by atoms with E-state index in [1.54, 1.807) is 14.0 Å². The van der Waals surface area contributed by atoms with E-state index in [1.807, 2.05) is 12.1 Å². The first kappa shape index (κ1) is 14.8. The van der Waals surface area contributed by atoms with Crippen LogP contribution in [0.5, 0.6) is 5.75 Å². The lowest BCUT2D eigenvalue weighted by atomic mass is 10.1. The summed E-state index contributed by atoms with van der Waals surface area (Å²) in [5.41, 5.74) is 7.95. The van der Waals surface area contributed by atoms with Crippen LogP contribution in [-0.4, -0.2) is 37.0 Å². The molecule has 1 atom stereocenters. The van der Waals surface area contributed by atoms with Gasteiger partial charge in [-0.05, 0) is 24.1 Å². The van der Waals surface area contributed by atoms with Crippen LogP contribution in [0.2, 0.25) is 0 Å². The molecule has 5 heteroatoms. The molecule has 20 heavy (non-hydrogen) atoms. The summed E-state index contributed by atoms with van der Waals surface area (Å²) in [5, 5.41) is 2.98. The van der Waals surface area contributed by atoms with Gasteiger partial charge in [-0.25, -0.2) is 0 Å². The number of nitrogens with two attached hydrogens (primary N) is 1. The molecule has 1 aromatic rings. The molecule has 0 bridgehead atoms. The van der Waals surface area contributed by atoms with Gasteiger partial charge in [0.25, 0.3) is 0 Å². The van der Waals surface area contributed by atoms with E-state index in [2.05, 4.69) is 16.3 Å².